The summed E-state index contributed by atoms with van der Waals surface area (Å²) in [5.41, 5.74) is 7.68. The highest BCUT2D eigenvalue weighted by molar-refractivity contribution is 7.93. The van der Waals surface area contributed by atoms with Crippen LogP contribution in [-0.2, 0) is 10.8 Å². The number of nitriles is 2. The molecular weight excluding hydrogens is 613 g/mol. The minimum Gasteiger partial charge on any atom is -0.311 e. The maximum Gasteiger partial charge on any atom is 0.100 e. The van der Waals surface area contributed by atoms with E-state index in [1.807, 2.05) is 72.8 Å². The predicted octanol–water partition coefficient (Wildman–Crippen LogP) is 10.9. The Kier molecular flexibility index (Phi) is 9.10. The van der Waals surface area contributed by atoms with Gasteiger partial charge in [-0.1, -0.05) is 139 Å². The maximum absolute atomic E-state index is 10.7. The molecule has 0 bridgehead atoms. The molecule has 6 rings (SSSR count). The van der Waals surface area contributed by atoms with Crippen LogP contribution in [0.4, 0.5) is 17.1 Å². The summed E-state index contributed by atoms with van der Waals surface area (Å²) < 4.78 is 0. The quantitative estimate of drug-likeness (QED) is 0.171. The monoisotopic (exact) mass is 655 g/mol. The van der Waals surface area contributed by atoms with Crippen LogP contribution in [0.1, 0.15) is 58.2 Å². The van der Waals surface area contributed by atoms with Crippen LogP contribution >= 0.6 is 6.89 Å². The molecule has 0 radical (unpaired) electrons. The number of benzene rings is 5. The number of allylic oxidation sites excluding steroid dienone is 4. The molecule has 49 heavy (non-hydrogen) atoms. The van der Waals surface area contributed by atoms with E-state index >= 15 is 0 Å². The van der Waals surface area contributed by atoms with Crippen molar-refractivity contribution in [1.29, 1.82) is 10.5 Å². The molecule has 0 saturated heterocycles. The lowest BCUT2D eigenvalue weighted by Gasteiger charge is -2.31. The summed E-state index contributed by atoms with van der Waals surface area (Å²) in [5, 5.41) is 24.6. The minimum absolute atomic E-state index is 0.0586. The lowest BCUT2D eigenvalue weighted by Crippen LogP contribution is -2.24. The molecule has 5 aromatic rings. The average Bonchev–Trinajstić information content (AvgIpc) is 3.12. The Morgan fingerprint density at radius 1 is 0.490 bits per heavy atom. The number of hydrogen-bond donors (Lipinski definition) is 0. The molecule has 242 valence electrons. The van der Waals surface area contributed by atoms with Gasteiger partial charge in [0, 0.05) is 23.9 Å². The second-order valence-corrected chi connectivity index (χ2v) is 17.9. The second kappa shape index (κ2) is 13.3. The lowest BCUT2D eigenvalue weighted by atomic mass is 9.86. The summed E-state index contributed by atoms with van der Waals surface area (Å²) in [5.74, 6) is 0. The van der Waals surface area contributed by atoms with Crippen molar-refractivity contribution < 1.29 is 0 Å². The van der Waals surface area contributed by atoms with Crippen molar-refractivity contribution >= 4 is 45.4 Å². The van der Waals surface area contributed by atoms with Crippen LogP contribution in [0.2, 0.25) is 0 Å². The first-order valence-electron chi connectivity index (χ1n) is 16.7. The third kappa shape index (κ3) is 6.44. The average molecular weight is 656 g/mol. The van der Waals surface area contributed by atoms with Crippen molar-refractivity contribution in [3.63, 3.8) is 0 Å². The van der Waals surface area contributed by atoms with E-state index in [9.17, 15) is 10.5 Å². The van der Waals surface area contributed by atoms with E-state index in [4.69, 9.17) is 0 Å². The first kappa shape index (κ1) is 33.6. The van der Waals surface area contributed by atoms with E-state index in [1.165, 1.54) is 11.1 Å². The Morgan fingerprint density at radius 2 is 0.898 bits per heavy atom. The van der Waals surface area contributed by atoms with Gasteiger partial charge in [-0.05, 0) is 92.3 Å². The first-order valence-corrected chi connectivity index (χ1v) is 18.5. The van der Waals surface area contributed by atoms with Crippen LogP contribution in [0.3, 0.4) is 0 Å². The van der Waals surface area contributed by atoms with E-state index < -0.39 is 6.89 Å². The summed E-state index contributed by atoms with van der Waals surface area (Å²) in [7, 11) is 0. The smallest absolute Gasteiger partial charge is 0.100 e. The highest BCUT2D eigenvalue weighted by Gasteiger charge is 2.34. The summed E-state index contributed by atoms with van der Waals surface area (Å²) in [6.45, 7) is 10.8. The van der Waals surface area contributed by atoms with Crippen LogP contribution in [0.15, 0.2) is 151 Å². The largest absolute Gasteiger partial charge is 0.311 e. The highest BCUT2D eigenvalue weighted by atomic mass is 31.2. The molecule has 0 N–H and O–H groups in total. The fourth-order valence-corrected chi connectivity index (χ4v) is 10.4. The van der Waals surface area contributed by atoms with Gasteiger partial charge in [0.1, 0.15) is 12.1 Å². The Morgan fingerprint density at radius 3 is 1.27 bits per heavy atom. The van der Waals surface area contributed by atoms with Gasteiger partial charge >= 0.3 is 0 Å². The zero-order valence-electron chi connectivity index (χ0n) is 29.1. The van der Waals surface area contributed by atoms with Crippen LogP contribution < -0.4 is 15.5 Å². The predicted molar refractivity (Wildman–Crippen MR) is 210 cm³/mol. The van der Waals surface area contributed by atoms with E-state index in [0.29, 0.717) is 10.6 Å². The second-order valence-electron chi connectivity index (χ2n) is 14.6. The van der Waals surface area contributed by atoms with Crippen molar-refractivity contribution in [3.05, 3.63) is 168 Å². The van der Waals surface area contributed by atoms with Crippen molar-refractivity contribution in [2.45, 2.75) is 52.4 Å². The molecule has 0 saturated carbocycles. The molecule has 3 nitrogen and oxygen atoms in total. The summed E-state index contributed by atoms with van der Waals surface area (Å²) >= 11 is 0. The summed E-state index contributed by atoms with van der Waals surface area (Å²) in [4.78, 5) is 2.28. The van der Waals surface area contributed by atoms with Gasteiger partial charge in [0.25, 0.3) is 0 Å². The Balaban J connectivity index is 1.47. The van der Waals surface area contributed by atoms with Gasteiger partial charge in [-0.2, -0.15) is 10.5 Å². The molecule has 1 heterocycles. The highest BCUT2D eigenvalue weighted by Crippen LogP contribution is 2.57. The molecular formula is C45H42N3P. The summed E-state index contributed by atoms with van der Waals surface area (Å²) in [6.07, 6.45) is 4.00. The van der Waals surface area contributed by atoms with E-state index in [2.05, 4.69) is 131 Å². The number of rotatable bonds is 6. The molecule has 4 heteroatoms. The SMILES string of the molecule is CC(C)(C)c1ccc(N(c2ccc(C3=CC(C#N)=P(c4ccccc4)(c4ccccc4)C(C#N)=C3)cc2)c2ccc(C(C)(C)C)cc2)cc1. The van der Waals surface area contributed by atoms with E-state index in [1.54, 1.807) is 0 Å². The zero-order chi connectivity index (χ0) is 34.8. The van der Waals surface area contributed by atoms with E-state index in [0.717, 1.165) is 38.8 Å². The molecule has 0 fully saturated rings. The van der Waals surface area contributed by atoms with Crippen molar-refractivity contribution in [3.8, 4) is 12.1 Å². The van der Waals surface area contributed by atoms with Gasteiger partial charge in [-0.3, -0.25) is 0 Å². The normalized spacial score (nSPS) is 14.2. The molecule has 0 atom stereocenters. The van der Waals surface area contributed by atoms with Gasteiger partial charge in [0.2, 0.25) is 0 Å². The molecule has 0 amide bonds. The molecule has 0 spiro atoms. The van der Waals surface area contributed by atoms with Gasteiger partial charge in [0.05, 0.1) is 10.6 Å². The molecule has 5 aromatic carbocycles. The lowest BCUT2D eigenvalue weighted by molar-refractivity contribution is 0.590. The van der Waals surface area contributed by atoms with Gasteiger partial charge in [0.15, 0.2) is 0 Å². The van der Waals surface area contributed by atoms with Crippen molar-refractivity contribution in [1.82, 2.24) is 0 Å². The number of hydrogen-bond acceptors (Lipinski definition) is 3. The van der Waals surface area contributed by atoms with E-state index in [-0.39, 0.29) is 10.8 Å². The third-order valence-corrected chi connectivity index (χ3v) is 13.3. The minimum atomic E-state index is -2.64. The number of anilines is 3. The van der Waals surface area contributed by atoms with Gasteiger partial charge in [-0.25, -0.2) is 0 Å². The topological polar surface area (TPSA) is 50.8 Å². The van der Waals surface area contributed by atoms with Crippen LogP contribution in [0, 0.1) is 22.7 Å². The van der Waals surface area contributed by atoms with Crippen LogP contribution in [0.25, 0.3) is 5.57 Å². The first-order chi connectivity index (χ1) is 23.5. The molecule has 1 aliphatic heterocycles. The zero-order valence-corrected chi connectivity index (χ0v) is 30.0. The Hall–Kier alpha value is -5.34. The molecule has 0 aliphatic carbocycles. The van der Waals surface area contributed by atoms with Crippen molar-refractivity contribution in [2.24, 2.45) is 0 Å². The molecule has 1 aliphatic rings. The fourth-order valence-electron chi connectivity index (χ4n) is 6.52. The third-order valence-electron chi connectivity index (χ3n) is 9.27. The fraction of sp³-hybridized carbons (Fsp3) is 0.178. The Bertz CT molecular complexity index is 2060. The number of nitrogens with zero attached hydrogens (tertiary/aromatic N) is 3. The van der Waals surface area contributed by atoms with Gasteiger partial charge in [-0.15, -0.1) is 0 Å². The Labute approximate surface area is 292 Å². The van der Waals surface area contributed by atoms with Gasteiger partial charge < -0.3 is 4.90 Å². The van der Waals surface area contributed by atoms with Crippen LogP contribution in [0.5, 0.6) is 0 Å². The van der Waals surface area contributed by atoms with Crippen LogP contribution in [-0.4, -0.2) is 5.29 Å². The summed E-state index contributed by atoms with van der Waals surface area (Å²) in [6, 6.07) is 51.3. The maximum atomic E-state index is 10.7. The van der Waals surface area contributed by atoms with Crippen molar-refractivity contribution in [2.75, 3.05) is 4.90 Å². The molecule has 0 aromatic heterocycles. The molecule has 0 unspecified atom stereocenters. The standard InChI is InChI=1S/C45H42N3P/c1-44(2,3)35-19-25-38(26-20-35)48(39-27-21-36(22-28-39)45(4,5)6)37-23-17-33(18-24-37)34-29-42(31-46)49(43(30-34)32-47,40-13-9-7-10-14-40)41-15-11-8-12-16-41/h7-30H,1-6H3.